The zero-order valence-electron chi connectivity index (χ0n) is 4.46. The molecule has 0 aliphatic heterocycles. The van der Waals surface area contributed by atoms with Crippen LogP contribution in [-0.4, -0.2) is 4.98 Å². The predicted molar refractivity (Wildman–Crippen MR) is 33.2 cm³/mol. The summed E-state index contributed by atoms with van der Waals surface area (Å²) in [6, 6.07) is 4.74. The van der Waals surface area contributed by atoms with E-state index >= 15 is 0 Å². The van der Waals surface area contributed by atoms with Gasteiger partial charge in [-0.1, -0.05) is 12.7 Å². The number of rotatable bonds is 1. The summed E-state index contributed by atoms with van der Waals surface area (Å²) >= 11 is 0. The molecule has 0 saturated carbocycles. The van der Waals surface area contributed by atoms with Crippen LogP contribution in [0.3, 0.4) is 0 Å². The summed E-state index contributed by atoms with van der Waals surface area (Å²) in [4.78, 5) is 3.79. The highest BCUT2D eigenvalue weighted by atomic mass is 14.6. The first-order chi connectivity index (χ1) is 3.93. The lowest BCUT2D eigenvalue weighted by molar-refractivity contribution is 1.32. The highest BCUT2D eigenvalue weighted by Crippen LogP contribution is 1.93. The minimum absolute atomic E-state index is 0.986. The lowest BCUT2D eigenvalue weighted by Gasteiger charge is -1.83. The molecule has 39 valence electrons. The Morgan fingerprint density at radius 2 is 2.62 bits per heavy atom. The maximum absolute atomic E-state index is 3.79. The third-order valence-electron chi connectivity index (χ3n) is 0.866. The molecule has 0 amide bonds. The molecule has 8 heavy (non-hydrogen) atoms. The van der Waals surface area contributed by atoms with Gasteiger partial charge in [-0.3, -0.25) is 4.98 Å². The molecule has 1 nitrogen and oxygen atoms in total. The van der Waals surface area contributed by atoms with E-state index in [-0.39, 0.29) is 0 Å². The van der Waals surface area contributed by atoms with Crippen molar-refractivity contribution in [2.45, 2.75) is 0 Å². The van der Waals surface area contributed by atoms with E-state index in [1.54, 1.807) is 18.5 Å². The monoisotopic (exact) mass is 104 g/mol. The molecular formula is C7H6N. The van der Waals surface area contributed by atoms with Crippen molar-refractivity contribution in [3.05, 3.63) is 36.7 Å². The molecule has 0 aliphatic carbocycles. The van der Waals surface area contributed by atoms with E-state index in [1.165, 1.54) is 0 Å². The largest absolute Gasteiger partial charge is 0.264 e. The fourth-order valence-corrected chi connectivity index (χ4v) is 0.453. The van der Waals surface area contributed by atoms with Gasteiger partial charge < -0.3 is 0 Å². The van der Waals surface area contributed by atoms with Crippen molar-refractivity contribution in [2.24, 2.45) is 0 Å². The summed E-state index contributed by atoms with van der Waals surface area (Å²) < 4.78 is 0. The molecule has 0 bridgehead atoms. The normalized spacial score (nSPS) is 8.50. The molecule has 0 spiro atoms. The summed E-state index contributed by atoms with van der Waals surface area (Å²) in [7, 11) is 0. The van der Waals surface area contributed by atoms with E-state index in [2.05, 4.69) is 17.6 Å². The Hall–Kier alpha value is -1.11. The van der Waals surface area contributed by atoms with Gasteiger partial charge in [0.2, 0.25) is 0 Å². The van der Waals surface area contributed by atoms with Crippen LogP contribution in [0.2, 0.25) is 0 Å². The summed E-state index contributed by atoms with van der Waals surface area (Å²) in [5, 5.41) is 0. The molecule has 1 rings (SSSR count). The first kappa shape index (κ1) is 5.04. The van der Waals surface area contributed by atoms with Crippen molar-refractivity contribution in [1.82, 2.24) is 4.98 Å². The number of hydrogen-bond acceptors (Lipinski definition) is 1. The van der Waals surface area contributed by atoms with Gasteiger partial charge in [-0.15, -0.1) is 0 Å². The Morgan fingerprint density at radius 3 is 3.00 bits per heavy atom. The van der Waals surface area contributed by atoms with Gasteiger partial charge in [-0.25, -0.2) is 0 Å². The summed E-state index contributed by atoms with van der Waals surface area (Å²) in [5.74, 6) is 0. The first-order valence-electron chi connectivity index (χ1n) is 2.37. The van der Waals surface area contributed by atoms with Crippen molar-refractivity contribution in [1.29, 1.82) is 0 Å². The molecule has 1 heterocycles. The number of hydrogen-bond donors (Lipinski definition) is 0. The Morgan fingerprint density at radius 1 is 1.75 bits per heavy atom. The molecule has 0 aliphatic rings. The summed E-state index contributed by atoms with van der Waals surface area (Å²) in [6.07, 6.45) is 5.08. The smallest absolute Gasteiger partial charge is 0.0353 e. The molecule has 1 heteroatoms. The molecule has 0 fully saturated rings. The van der Waals surface area contributed by atoms with E-state index in [4.69, 9.17) is 0 Å². The second-order valence-electron chi connectivity index (χ2n) is 1.40. The topological polar surface area (TPSA) is 12.9 Å². The third-order valence-corrected chi connectivity index (χ3v) is 0.866. The zero-order chi connectivity index (χ0) is 5.82. The number of aromatic nitrogens is 1. The maximum Gasteiger partial charge on any atom is 0.0353 e. The highest BCUT2D eigenvalue weighted by molar-refractivity contribution is 5.43. The van der Waals surface area contributed by atoms with Crippen LogP contribution in [0.4, 0.5) is 0 Å². The maximum atomic E-state index is 3.79. The van der Waals surface area contributed by atoms with Crippen LogP contribution in [0.5, 0.6) is 0 Å². The van der Waals surface area contributed by atoms with Crippen LogP contribution in [0.25, 0.3) is 6.08 Å². The number of nitrogens with zero attached hydrogens (tertiary/aromatic N) is 1. The van der Waals surface area contributed by atoms with Crippen molar-refractivity contribution in [2.75, 3.05) is 0 Å². The van der Waals surface area contributed by atoms with Crippen LogP contribution >= 0.6 is 0 Å². The van der Waals surface area contributed by atoms with Gasteiger partial charge in [0.15, 0.2) is 0 Å². The Kier molecular flexibility index (Phi) is 1.42. The quantitative estimate of drug-likeness (QED) is 0.526. The second-order valence-corrected chi connectivity index (χ2v) is 1.40. The minimum atomic E-state index is 0.986. The average molecular weight is 104 g/mol. The molecule has 0 aromatic carbocycles. The predicted octanol–water partition coefficient (Wildman–Crippen LogP) is 1.52. The lowest BCUT2D eigenvalue weighted by atomic mass is 10.3. The van der Waals surface area contributed by atoms with Gasteiger partial charge >= 0.3 is 0 Å². The third kappa shape index (κ3) is 0.936. The molecule has 0 saturated heterocycles. The van der Waals surface area contributed by atoms with Crippen LogP contribution < -0.4 is 0 Å². The van der Waals surface area contributed by atoms with Gasteiger partial charge in [-0.2, -0.15) is 0 Å². The van der Waals surface area contributed by atoms with Crippen molar-refractivity contribution in [3.63, 3.8) is 0 Å². The van der Waals surface area contributed by atoms with Crippen LogP contribution in [-0.2, 0) is 0 Å². The average Bonchev–Trinajstić information content (AvgIpc) is 1.90. The lowest BCUT2D eigenvalue weighted by Crippen LogP contribution is -1.70. The van der Waals surface area contributed by atoms with E-state index in [0.29, 0.717) is 0 Å². The molecule has 1 aromatic heterocycles. The van der Waals surface area contributed by atoms with Crippen molar-refractivity contribution in [3.8, 4) is 0 Å². The van der Waals surface area contributed by atoms with E-state index < -0.39 is 0 Å². The van der Waals surface area contributed by atoms with E-state index in [9.17, 15) is 0 Å². The summed E-state index contributed by atoms with van der Waals surface area (Å²) in [6.45, 7) is 3.57. The molecule has 0 unspecified atom stereocenters. The standard InChI is InChI=1S/C7H6N/c1-2-7-3-5-8-6-4-7/h2-3,5-6H,1H2. The fraction of sp³-hybridized carbons (Fsp3) is 0. The van der Waals surface area contributed by atoms with Gasteiger partial charge in [0.25, 0.3) is 0 Å². The van der Waals surface area contributed by atoms with E-state index in [1.807, 2.05) is 6.07 Å². The number of pyridine rings is 1. The summed E-state index contributed by atoms with van der Waals surface area (Å²) in [5.41, 5.74) is 0.986. The zero-order valence-corrected chi connectivity index (χ0v) is 4.46. The molecular weight excluding hydrogens is 98.1 g/mol. The molecule has 0 N–H and O–H groups in total. The second kappa shape index (κ2) is 2.26. The molecule has 1 aromatic rings. The fourth-order valence-electron chi connectivity index (χ4n) is 0.453. The van der Waals surface area contributed by atoms with Crippen molar-refractivity contribution < 1.29 is 0 Å². The van der Waals surface area contributed by atoms with Gasteiger partial charge in [0, 0.05) is 18.5 Å². The van der Waals surface area contributed by atoms with Crippen LogP contribution in [0, 0.1) is 6.07 Å². The van der Waals surface area contributed by atoms with Gasteiger partial charge in [-0.05, 0) is 11.6 Å². The van der Waals surface area contributed by atoms with Crippen LogP contribution in [0.15, 0.2) is 25.0 Å². The SMILES string of the molecule is C=Cc1[c]cncc1. The minimum Gasteiger partial charge on any atom is -0.264 e. The first-order valence-corrected chi connectivity index (χ1v) is 2.37. The molecule has 0 atom stereocenters. The van der Waals surface area contributed by atoms with E-state index in [0.717, 1.165) is 5.56 Å². The molecule has 1 radical (unpaired) electrons. The van der Waals surface area contributed by atoms with Gasteiger partial charge in [0.1, 0.15) is 0 Å². The Balaban J connectivity index is 2.99. The van der Waals surface area contributed by atoms with Crippen LogP contribution in [0.1, 0.15) is 5.56 Å². The Bertz CT molecular complexity index is 167. The van der Waals surface area contributed by atoms with Crippen molar-refractivity contribution >= 4 is 6.08 Å². The Labute approximate surface area is 48.7 Å². The van der Waals surface area contributed by atoms with Gasteiger partial charge in [0.05, 0.1) is 0 Å². The highest BCUT2D eigenvalue weighted by Gasteiger charge is 1.77.